The van der Waals surface area contributed by atoms with Crippen LogP contribution in [0.5, 0.6) is 0 Å². The van der Waals surface area contributed by atoms with E-state index >= 15 is 0 Å². The zero-order chi connectivity index (χ0) is 15.3. The summed E-state index contributed by atoms with van der Waals surface area (Å²) in [4.78, 5) is 0. The van der Waals surface area contributed by atoms with Gasteiger partial charge in [0.2, 0.25) is 0 Å². The zero-order valence-electron chi connectivity index (χ0n) is 11.7. The van der Waals surface area contributed by atoms with Gasteiger partial charge >= 0.3 is 6.18 Å². The standard InChI is InChI=1S/C15H20F3NO2/c16-15(17,18)13-7-3-4-8-14(13)19-9-11(20)10-21-12-5-1-2-6-12/h3-4,7-8,11-12,19-20H,1-2,5-6,9-10H2. The van der Waals surface area contributed by atoms with E-state index in [9.17, 15) is 18.3 Å². The minimum atomic E-state index is -4.41. The van der Waals surface area contributed by atoms with Crippen LogP contribution in [-0.2, 0) is 10.9 Å². The fraction of sp³-hybridized carbons (Fsp3) is 0.600. The van der Waals surface area contributed by atoms with Crippen molar-refractivity contribution in [2.24, 2.45) is 0 Å². The molecule has 0 amide bonds. The van der Waals surface area contributed by atoms with Gasteiger partial charge < -0.3 is 15.2 Å². The predicted molar refractivity (Wildman–Crippen MR) is 74.1 cm³/mol. The van der Waals surface area contributed by atoms with E-state index in [2.05, 4.69) is 5.32 Å². The van der Waals surface area contributed by atoms with Crippen LogP contribution in [0.4, 0.5) is 18.9 Å². The van der Waals surface area contributed by atoms with Gasteiger partial charge in [0.15, 0.2) is 0 Å². The lowest BCUT2D eigenvalue weighted by molar-refractivity contribution is -0.137. The average molecular weight is 303 g/mol. The smallest absolute Gasteiger partial charge is 0.389 e. The van der Waals surface area contributed by atoms with E-state index < -0.39 is 17.8 Å². The molecule has 0 saturated heterocycles. The van der Waals surface area contributed by atoms with Gasteiger partial charge in [0.1, 0.15) is 0 Å². The number of aliphatic hydroxyl groups excluding tert-OH is 1. The summed E-state index contributed by atoms with van der Waals surface area (Å²) >= 11 is 0. The van der Waals surface area contributed by atoms with E-state index in [0.717, 1.165) is 31.7 Å². The molecule has 3 nitrogen and oxygen atoms in total. The highest BCUT2D eigenvalue weighted by atomic mass is 19.4. The molecule has 6 heteroatoms. The molecule has 2 N–H and O–H groups in total. The lowest BCUT2D eigenvalue weighted by atomic mass is 10.1. The monoisotopic (exact) mass is 303 g/mol. The Morgan fingerprint density at radius 3 is 2.57 bits per heavy atom. The van der Waals surface area contributed by atoms with E-state index in [1.807, 2.05) is 0 Å². The third-order valence-corrected chi connectivity index (χ3v) is 3.59. The zero-order valence-corrected chi connectivity index (χ0v) is 11.7. The molecule has 1 aromatic rings. The molecular weight excluding hydrogens is 283 g/mol. The van der Waals surface area contributed by atoms with Gasteiger partial charge in [-0.15, -0.1) is 0 Å². The van der Waals surface area contributed by atoms with Crippen LogP contribution < -0.4 is 5.32 Å². The molecule has 1 atom stereocenters. The van der Waals surface area contributed by atoms with Crippen LogP contribution in [-0.4, -0.2) is 30.5 Å². The summed E-state index contributed by atoms with van der Waals surface area (Å²) < 4.78 is 43.9. The van der Waals surface area contributed by atoms with Gasteiger partial charge in [-0.3, -0.25) is 0 Å². The summed E-state index contributed by atoms with van der Waals surface area (Å²) in [7, 11) is 0. The molecule has 2 rings (SSSR count). The van der Waals surface area contributed by atoms with Gasteiger partial charge in [-0.1, -0.05) is 25.0 Å². The van der Waals surface area contributed by atoms with Crippen molar-refractivity contribution >= 4 is 5.69 Å². The first-order valence-electron chi connectivity index (χ1n) is 7.16. The third-order valence-electron chi connectivity index (χ3n) is 3.59. The van der Waals surface area contributed by atoms with Gasteiger partial charge in [0.05, 0.1) is 24.4 Å². The van der Waals surface area contributed by atoms with Crippen molar-refractivity contribution in [1.82, 2.24) is 0 Å². The topological polar surface area (TPSA) is 41.5 Å². The summed E-state index contributed by atoms with van der Waals surface area (Å²) in [5.74, 6) is 0. The highest BCUT2D eigenvalue weighted by Gasteiger charge is 2.33. The Kier molecular flexibility index (Phi) is 5.47. The maximum absolute atomic E-state index is 12.8. The van der Waals surface area contributed by atoms with E-state index in [-0.39, 0.29) is 24.9 Å². The van der Waals surface area contributed by atoms with E-state index in [1.54, 1.807) is 0 Å². The molecule has 0 heterocycles. The summed E-state index contributed by atoms with van der Waals surface area (Å²) in [6.07, 6.45) is -0.784. The van der Waals surface area contributed by atoms with Crippen LogP contribution in [0.1, 0.15) is 31.2 Å². The SMILES string of the molecule is OC(CNc1ccccc1C(F)(F)F)COC1CCCC1. The van der Waals surface area contributed by atoms with Gasteiger partial charge in [-0.25, -0.2) is 0 Å². The van der Waals surface area contributed by atoms with Crippen molar-refractivity contribution in [2.45, 2.75) is 44.1 Å². The number of alkyl halides is 3. The molecule has 1 aromatic carbocycles. The highest BCUT2D eigenvalue weighted by molar-refractivity contribution is 5.52. The van der Waals surface area contributed by atoms with Gasteiger partial charge in [0.25, 0.3) is 0 Å². The number of anilines is 1. The fourth-order valence-electron chi connectivity index (χ4n) is 2.47. The molecule has 0 aromatic heterocycles. The predicted octanol–water partition coefficient (Wildman–Crippen LogP) is 3.44. The Labute approximate surface area is 122 Å². The summed E-state index contributed by atoms with van der Waals surface area (Å²) in [5, 5.41) is 12.4. The van der Waals surface area contributed by atoms with Gasteiger partial charge in [0, 0.05) is 12.2 Å². The molecule has 0 spiro atoms. The highest BCUT2D eigenvalue weighted by Crippen LogP contribution is 2.34. The minimum absolute atomic E-state index is 0.0232. The van der Waals surface area contributed by atoms with Crippen LogP contribution >= 0.6 is 0 Å². The maximum Gasteiger partial charge on any atom is 0.418 e. The first-order valence-corrected chi connectivity index (χ1v) is 7.16. The van der Waals surface area contributed by atoms with Crippen molar-refractivity contribution in [3.05, 3.63) is 29.8 Å². The van der Waals surface area contributed by atoms with Gasteiger partial charge in [-0.05, 0) is 25.0 Å². The Morgan fingerprint density at radius 2 is 1.90 bits per heavy atom. The number of nitrogens with one attached hydrogen (secondary N) is 1. The Hall–Kier alpha value is -1.27. The number of hydrogen-bond donors (Lipinski definition) is 2. The lowest BCUT2D eigenvalue weighted by Crippen LogP contribution is -2.27. The van der Waals surface area contributed by atoms with Crippen molar-refractivity contribution in [1.29, 1.82) is 0 Å². The van der Waals surface area contributed by atoms with E-state index in [1.165, 1.54) is 18.2 Å². The van der Waals surface area contributed by atoms with Crippen molar-refractivity contribution in [3.8, 4) is 0 Å². The molecule has 1 fully saturated rings. The number of rotatable bonds is 6. The fourth-order valence-corrected chi connectivity index (χ4v) is 2.47. The first-order chi connectivity index (χ1) is 9.97. The number of hydrogen-bond acceptors (Lipinski definition) is 3. The van der Waals surface area contributed by atoms with Crippen LogP contribution in [0.15, 0.2) is 24.3 Å². The molecule has 21 heavy (non-hydrogen) atoms. The number of para-hydroxylation sites is 1. The lowest BCUT2D eigenvalue weighted by Gasteiger charge is -2.18. The first kappa shape index (κ1) is 16.1. The Balaban J connectivity index is 1.82. The molecule has 1 unspecified atom stereocenters. The van der Waals surface area contributed by atoms with Crippen molar-refractivity contribution in [3.63, 3.8) is 0 Å². The van der Waals surface area contributed by atoms with Crippen LogP contribution in [0.3, 0.4) is 0 Å². The molecule has 0 radical (unpaired) electrons. The van der Waals surface area contributed by atoms with Gasteiger partial charge in [-0.2, -0.15) is 13.2 Å². The molecule has 1 saturated carbocycles. The second-order valence-electron chi connectivity index (χ2n) is 5.32. The second-order valence-corrected chi connectivity index (χ2v) is 5.32. The largest absolute Gasteiger partial charge is 0.418 e. The van der Waals surface area contributed by atoms with Crippen LogP contribution in [0, 0.1) is 0 Å². The summed E-state index contributed by atoms with van der Waals surface area (Å²) in [6.45, 7) is 0.172. The number of benzene rings is 1. The van der Waals surface area contributed by atoms with E-state index in [4.69, 9.17) is 4.74 Å². The molecule has 0 bridgehead atoms. The van der Waals surface area contributed by atoms with Crippen LogP contribution in [0.25, 0.3) is 0 Å². The Bertz CT molecular complexity index is 445. The molecular formula is C15H20F3NO2. The normalized spacial score (nSPS) is 17.9. The molecule has 118 valence electrons. The average Bonchev–Trinajstić information content (AvgIpc) is 2.95. The molecule has 0 aliphatic heterocycles. The minimum Gasteiger partial charge on any atom is -0.389 e. The number of halogens is 3. The third kappa shape index (κ3) is 4.89. The van der Waals surface area contributed by atoms with Crippen LogP contribution in [0.2, 0.25) is 0 Å². The Morgan fingerprint density at radius 1 is 1.24 bits per heavy atom. The quantitative estimate of drug-likeness (QED) is 0.846. The molecule has 1 aliphatic rings. The number of aliphatic hydroxyl groups is 1. The maximum atomic E-state index is 12.8. The van der Waals surface area contributed by atoms with Crippen molar-refractivity contribution < 1.29 is 23.0 Å². The summed E-state index contributed by atoms with van der Waals surface area (Å²) in [5.41, 5.74) is -0.751. The number of ether oxygens (including phenoxy) is 1. The van der Waals surface area contributed by atoms with Crippen molar-refractivity contribution in [2.75, 3.05) is 18.5 Å². The second kappa shape index (κ2) is 7.13. The summed E-state index contributed by atoms with van der Waals surface area (Å²) in [6, 6.07) is 5.24. The van der Waals surface area contributed by atoms with E-state index in [0.29, 0.717) is 0 Å². The molecule has 1 aliphatic carbocycles.